The van der Waals surface area contributed by atoms with Crippen molar-refractivity contribution in [3.8, 4) is 16.9 Å². The van der Waals surface area contributed by atoms with Gasteiger partial charge in [0, 0.05) is 11.1 Å². The summed E-state index contributed by atoms with van der Waals surface area (Å²) in [5.74, 6) is 0.985. The summed E-state index contributed by atoms with van der Waals surface area (Å²) in [6.45, 7) is 6.28. The molecule has 0 radical (unpaired) electrons. The Balaban J connectivity index is 2.15. The van der Waals surface area contributed by atoms with E-state index >= 15 is 0 Å². The van der Waals surface area contributed by atoms with Crippen molar-refractivity contribution in [1.82, 2.24) is 0 Å². The molecule has 124 valence electrons. The number of rotatable bonds is 3. The molecule has 0 N–H and O–H groups in total. The summed E-state index contributed by atoms with van der Waals surface area (Å²) in [7, 11) is 0. The Labute approximate surface area is 148 Å². The lowest BCUT2D eigenvalue weighted by Gasteiger charge is -2.19. The van der Waals surface area contributed by atoms with Crippen LogP contribution < -0.4 is 4.74 Å². The molecule has 0 unspecified atom stereocenters. The Morgan fingerprint density at radius 2 is 1.32 bits per heavy atom. The molecule has 1 nitrogen and oxygen atoms in total. The first kappa shape index (κ1) is 15.7. The van der Waals surface area contributed by atoms with Crippen LogP contribution >= 0.6 is 0 Å². The highest BCUT2D eigenvalue weighted by Crippen LogP contribution is 2.42. The van der Waals surface area contributed by atoms with E-state index in [2.05, 4.69) is 93.6 Å². The van der Waals surface area contributed by atoms with Gasteiger partial charge in [-0.05, 0) is 53.9 Å². The van der Waals surface area contributed by atoms with E-state index in [-0.39, 0.29) is 6.10 Å². The highest BCUT2D eigenvalue weighted by Gasteiger charge is 2.16. The summed E-state index contributed by atoms with van der Waals surface area (Å²) < 4.78 is 6.23. The van der Waals surface area contributed by atoms with Gasteiger partial charge in [0.25, 0.3) is 0 Å². The van der Waals surface area contributed by atoms with Gasteiger partial charge in [0.15, 0.2) is 0 Å². The zero-order chi connectivity index (χ0) is 17.4. The van der Waals surface area contributed by atoms with Crippen LogP contribution in [0, 0.1) is 6.92 Å². The maximum Gasteiger partial charge on any atom is 0.130 e. The number of hydrogen-bond donors (Lipinski definition) is 0. The average Bonchev–Trinajstić information content (AvgIpc) is 2.61. The molecule has 4 aromatic carbocycles. The van der Waals surface area contributed by atoms with Gasteiger partial charge < -0.3 is 4.74 Å². The third-order valence-corrected chi connectivity index (χ3v) is 4.61. The van der Waals surface area contributed by atoms with Gasteiger partial charge in [-0.15, -0.1) is 0 Å². The number of benzene rings is 4. The standard InChI is InChI=1S/C24H22O/c1-16(2)25-24-17(3)9-8-14-22(24)23-20-12-6-4-10-18(20)15-19-11-5-7-13-21(19)23/h4-16H,1-3H3. The summed E-state index contributed by atoms with van der Waals surface area (Å²) in [4.78, 5) is 0. The molecule has 0 saturated carbocycles. The zero-order valence-electron chi connectivity index (χ0n) is 14.9. The monoisotopic (exact) mass is 326 g/mol. The average molecular weight is 326 g/mol. The molecule has 0 atom stereocenters. The van der Waals surface area contributed by atoms with Crippen molar-refractivity contribution in [2.24, 2.45) is 0 Å². The summed E-state index contributed by atoms with van der Waals surface area (Å²) in [6, 6.07) is 25.9. The SMILES string of the molecule is Cc1cccc(-c2c3ccccc3cc3ccccc23)c1OC(C)C. The van der Waals surface area contributed by atoms with Gasteiger partial charge in [-0.2, -0.15) is 0 Å². The molecule has 0 saturated heterocycles. The second kappa shape index (κ2) is 6.25. The number of fused-ring (bicyclic) bond motifs is 2. The molecule has 0 bridgehead atoms. The van der Waals surface area contributed by atoms with Crippen LogP contribution in [0.5, 0.6) is 5.75 Å². The molecule has 1 heteroatoms. The van der Waals surface area contributed by atoms with E-state index in [4.69, 9.17) is 4.74 Å². The van der Waals surface area contributed by atoms with Gasteiger partial charge in [-0.3, -0.25) is 0 Å². The van der Waals surface area contributed by atoms with E-state index in [9.17, 15) is 0 Å². The van der Waals surface area contributed by atoms with Gasteiger partial charge >= 0.3 is 0 Å². The first-order chi connectivity index (χ1) is 12.1. The smallest absolute Gasteiger partial charge is 0.130 e. The molecule has 0 heterocycles. The topological polar surface area (TPSA) is 9.23 Å². The van der Waals surface area contributed by atoms with Crippen LogP contribution in [0.1, 0.15) is 19.4 Å². The third kappa shape index (κ3) is 2.76. The van der Waals surface area contributed by atoms with Crippen LogP contribution in [0.2, 0.25) is 0 Å². The first-order valence-corrected chi connectivity index (χ1v) is 8.82. The molecule has 25 heavy (non-hydrogen) atoms. The highest BCUT2D eigenvalue weighted by molar-refractivity contribution is 6.13. The molecular weight excluding hydrogens is 304 g/mol. The van der Waals surface area contributed by atoms with Crippen molar-refractivity contribution in [3.63, 3.8) is 0 Å². The van der Waals surface area contributed by atoms with E-state index < -0.39 is 0 Å². The van der Waals surface area contributed by atoms with E-state index in [0.717, 1.165) is 5.75 Å². The maximum absolute atomic E-state index is 6.23. The number of hydrogen-bond acceptors (Lipinski definition) is 1. The fraction of sp³-hybridized carbons (Fsp3) is 0.167. The number of ether oxygens (including phenoxy) is 1. The van der Waals surface area contributed by atoms with Crippen LogP contribution in [0.3, 0.4) is 0 Å². The largest absolute Gasteiger partial charge is 0.490 e. The van der Waals surface area contributed by atoms with Crippen LogP contribution in [0.15, 0.2) is 72.8 Å². The minimum Gasteiger partial charge on any atom is -0.490 e. The van der Waals surface area contributed by atoms with Crippen molar-refractivity contribution in [2.45, 2.75) is 26.9 Å². The van der Waals surface area contributed by atoms with Crippen molar-refractivity contribution in [2.75, 3.05) is 0 Å². The molecule has 0 aliphatic heterocycles. The van der Waals surface area contributed by atoms with Crippen LogP contribution in [0.4, 0.5) is 0 Å². The van der Waals surface area contributed by atoms with Crippen molar-refractivity contribution < 1.29 is 4.74 Å². The summed E-state index contributed by atoms with van der Waals surface area (Å²) in [5.41, 5.74) is 3.60. The van der Waals surface area contributed by atoms with Gasteiger partial charge in [0.1, 0.15) is 5.75 Å². The van der Waals surface area contributed by atoms with Crippen molar-refractivity contribution in [3.05, 3.63) is 78.4 Å². The molecular formula is C24H22O. The van der Waals surface area contributed by atoms with E-state index in [1.54, 1.807) is 0 Å². The first-order valence-electron chi connectivity index (χ1n) is 8.82. The minimum absolute atomic E-state index is 0.140. The normalized spacial score (nSPS) is 11.4. The van der Waals surface area contributed by atoms with E-state index in [1.165, 1.54) is 38.2 Å². The third-order valence-electron chi connectivity index (χ3n) is 4.61. The van der Waals surface area contributed by atoms with Gasteiger partial charge in [0.05, 0.1) is 6.10 Å². The van der Waals surface area contributed by atoms with Gasteiger partial charge in [-0.1, -0.05) is 66.7 Å². The molecule has 0 spiro atoms. The summed E-state index contributed by atoms with van der Waals surface area (Å²) in [5, 5.41) is 5.04. The number of para-hydroxylation sites is 1. The Bertz CT molecular complexity index is 1010. The molecule has 4 rings (SSSR count). The Morgan fingerprint density at radius 3 is 1.92 bits per heavy atom. The minimum atomic E-state index is 0.140. The second-order valence-electron chi connectivity index (χ2n) is 6.81. The predicted molar refractivity (Wildman–Crippen MR) is 107 cm³/mol. The van der Waals surface area contributed by atoms with Gasteiger partial charge in [-0.25, -0.2) is 0 Å². The fourth-order valence-electron chi connectivity index (χ4n) is 3.55. The maximum atomic E-state index is 6.23. The fourth-order valence-corrected chi connectivity index (χ4v) is 3.55. The Morgan fingerprint density at radius 1 is 0.720 bits per heavy atom. The van der Waals surface area contributed by atoms with Crippen LogP contribution in [0.25, 0.3) is 32.7 Å². The Kier molecular flexibility index (Phi) is 3.93. The van der Waals surface area contributed by atoms with E-state index in [1.807, 2.05) is 0 Å². The lowest BCUT2D eigenvalue weighted by atomic mass is 9.91. The molecule has 4 aromatic rings. The molecule has 0 amide bonds. The molecule has 0 aromatic heterocycles. The lowest BCUT2D eigenvalue weighted by molar-refractivity contribution is 0.242. The molecule has 0 aliphatic carbocycles. The molecule has 0 aliphatic rings. The lowest BCUT2D eigenvalue weighted by Crippen LogP contribution is -2.08. The Hall–Kier alpha value is -2.80. The highest BCUT2D eigenvalue weighted by atomic mass is 16.5. The van der Waals surface area contributed by atoms with Gasteiger partial charge in [0.2, 0.25) is 0 Å². The van der Waals surface area contributed by atoms with E-state index in [0.29, 0.717) is 0 Å². The summed E-state index contributed by atoms with van der Waals surface area (Å²) in [6.07, 6.45) is 0.140. The molecule has 0 fully saturated rings. The quantitative estimate of drug-likeness (QED) is 0.378. The van der Waals surface area contributed by atoms with Crippen molar-refractivity contribution >= 4 is 21.5 Å². The number of aryl methyl sites for hydroxylation is 1. The zero-order valence-corrected chi connectivity index (χ0v) is 14.9. The van der Waals surface area contributed by atoms with Crippen LogP contribution in [-0.4, -0.2) is 6.10 Å². The van der Waals surface area contributed by atoms with Crippen molar-refractivity contribution in [1.29, 1.82) is 0 Å². The second-order valence-corrected chi connectivity index (χ2v) is 6.81. The predicted octanol–water partition coefficient (Wildman–Crippen LogP) is 6.76. The van der Waals surface area contributed by atoms with Crippen LogP contribution in [-0.2, 0) is 0 Å². The summed E-state index contributed by atoms with van der Waals surface area (Å²) >= 11 is 0.